The number of carboxylic acid groups (broad SMARTS) is 1. The van der Waals surface area contributed by atoms with E-state index in [1.807, 2.05) is 17.2 Å². The molecule has 0 amide bonds. The first-order valence-electron chi connectivity index (χ1n) is 2.95. The number of hydrogen-bond acceptors (Lipinski definition) is 3. The second kappa shape index (κ2) is 4.51. The van der Waals surface area contributed by atoms with Crippen molar-refractivity contribution in [2.24, 2.45) is 0 Å². The maximum Gasteiger partial charge on any atom is 0.323 e. The predicted octanol–water partition coefficient (Wildman–Crippen LogP) is 1.36. The van der Waals surface area contributed by atoms with Crippen molar-refractivity contribution in [2.75, 3.05) is 12.4 Å². The molecule has 5 heteroatoms. The average molecular weight is 196 g/mol. The number of allylic oxidation sites excluding steroid dienone is 1. The van der Waals surface area contributed by atoms with Gasteiger partial charge in [0.2, 0.25) is 0 Å². The van der Waals surface area contributed by atoms with Crippen molar-refractivity contribution >= 4 is 30.1 Å². The van der Waals surface area contributed by atoms with Crippen LogP contribution in [0, 0.1) is 0 Å². The van der Waals surface area contributed by atoms with Crippen molar-refractivity contribution in [1.29, 1.82) is 0 Å². The van der Waals surface area contributed by atoms with Gasteiger partial charge in [0, 0.05) is 5.70 Å². The Morgan fingerprint density at radius 2 is 2.55 bits per heavy atom. The summed E-state index contributed by atoms with van der Waals surface area (Å²) in [5.74, 6) is 0.00764. The van der Waals surface area contributed by atoms with Crippen LogP contribution < -0.4 is 0 Å². The largest absolute Gasteiger partial charge is 0.480 e. The van der Waals surface area contributed by atoms with E-state index in [4.69, 9.17) is 5.11 Å². The van der Waals surface area contributed by atoms with Crippen LogP contribution in [0.4, 0.5) is 0 Å². The molecule has 0 spiro atoms. The number of halogens is 1. The Hall–Kier alpha value is -0.350. The van der Waals surface area contributed by atoms with Gasteiger partial charge in [-0.15, -0.1) is 24.2 Å². The van der Waals surface area contributed by atoms with Gasteiger partial charge in [-0.3, -0.25) is 4.79 Å². The highest BCUT2D eigenvalue weighted by molar-refractivity contribution is 8.02. The molecule has 0 saturated heterocycles. The van der Waals surface area contributed by atoms with Gasteiger partial charge < -0.3 is 10.0 Å². The Kier molecular flexibility index (Phi) is 4.37. The van der Waals surface area contributed by atoms with Crippen molar-refractivity contribution < 1.29 is 9.90 Å². The van der Waals surface area contributed by atoms with Gasteiger partial charge in [0.15, 0.2) is 0 Å². The van der Waals surface area contributed by atoms with Crippen LogP contribution in [0.3, 0.4) is 0 Å². The summed E-state index contributed by atoms with van der Waals surface area (Å²) in [6.07, 6.45) is 0. The standard InChI is InChI=1S/C6H9NO2S.ClH/c1-5-3-10-4-7(5)2-6(8)9;/h3H,2,4H2,1H3,(H,8,9);1H. The first-order chi connectivity index (χ1) is 4.70. The average Bonchev–Trinajstić information content (AvgIpc) is 2.15. The third-order valence-electron chi connectivity index (χ3n) is 1.31. The lowest BCUT2D eigenvalue weighted by atomic mass is 10.4. The summed E-state index contributed by atoms with van der Waals surface area (Å²) in [4.78, 5) is 12.0. The van der Waals surface area contributed by atoms with E-state index in [2.05, 4.69) is 0 Å². The minimum atomic E-state index is -0.768. The Morgan fingerprint density at radius 1 is 1.91 bits per heavy atom. The Bertz CT molecular complexity index is 183. The van der Waals surface area contributed by atoms with Crippen LogP contribution in [0.2, 0.25) is 0 Å². The van der Waals surface area contributed by atoms with Gasteiger partial charge in [0.25, 0.3) is 0 Å². The zero-order chi connectivity index (χ0) is 7.56. The summed E-state index contributed by atoms with van der Waals surface area (Å²) in [6.45, 7) is 2.04. The summed E-state index contributed by atoms with van der Waals surface area (Å²) in [5, 5.41) is 10.4. The molecular weight excluding hydrogens is 186 g/mol. The first-order valence-corrected chi connectivity index (χ1v) is 4.00. The highest BCUT2D eigenvalue weighted by Crippen LogP contribution is 2.21. The van der Waals surface area contributed by atoms with E-state index in [-0.39, 0.29) is 19.0 Å². The molecule has 1 aliphatic rings. The van der Waals surface area contributed by atoms with E-state index in [0.717, 1.165) is 11.6 Å². The SMILES string of the molecule is CC1=CSCN1CC(=O)O.Cl. The van der Waals surface area contributed by atoms with E-state index in [1.54, 1.807) is 11.8 Å². The highest BCUT2D eigenvalue weighted by Gasteiger charge is 2.13. The molecule has 3 nitrogen and oxygen atoms in total. The Balaban J connectivity index is 0.000001000. The van der Waals surface area contributed by atoms with Crippen molar-refractivity contribution in [3.8, 4) is 0 Å². The quantitative estimate of drug-likeness (QED) is 0.723. The van der Waals surface area contributed by atoms with Crippen molar-refractivity contribution in [2.45, 2.75) is 6.92 Å². The fraction of sp³-hybridized carbons (Fsp3) is 0.500. The number of carbonyl (C=O) groups is 1. The highest BCUT2D eigenvalue weighted by atomic mass is 35.5. The van der Waals surface area contributed by atoms with Gasteiger partial charge in [-0.1, -0.05) is 0 Å². The molecule has 0 bridgehead atoms. The molecule has 0 aromatic rings. The van der Waals surface area contributed by atoms with Crippen LogP contribution in [0.1, 0.15) is 6.92 Å². The molecule has 1 rings (SSSR count). The first kappa shape index (κ1) is 10.7. The fourth-order valence-corrected chi connectivity index (χ4v) is 1.70. The third-order valence-corrected chi connectivity index (χ3v) is 2.28. The van der Waals surface area contributed by atoms with E-state index in [1.165, 1.54) is 0 Å². The van der Waals surface area contributed by atoms with Gasteiger partial charge in [0.05, 0.1) is 5.88 Å². The number of rotatable bonds is 2. The van der Waals surface area contributed by atoms with Crippen LogP contribution in [-0.2, 0) is 4.79 Å². The zero-order valence-electron chi connectivity index (χ0n) is 6.11. The smallest absolute Gasteiger partial charge is 0.323 e. The topological polar surface area (TPSA) is 40.5 Å². The van der Waals surface area contributed by atoms with Crippen LogP contribution in [0.25, 0.3) is 0 Å². The predicted molar refractivity (Wildman–Crippen MR) is 47.8 cm³/mol. The monoisotopic (exact) mass is 195 g/mol. The lowest BCUT2D eigenvalue weighted by Gasteiger charge is -2.15. The molecule has 0 aromatic carbocycles. The van der Waals surface area contributed by atoms with Crippen molar-refractivity contribution in [1.82, 2.24) is 4.90 Å². The molecule has 0 radical (unpaired) electrons. The van der Waals surface area contributed by atoms with Gasteiger partial charge in [-0.05, 0) is 12.3 Å². The van der Waals surface area contributed by atoms with Crippen LogP contribution >= 0.6 is 24.2 Å². The van der Waals surface area contributed by atoms with Gasteiger partial charge in [0.1, 0.15) is 6.54 Å². The van der Waals surface area contributed by atoms with Crippen molar-refractivity contribution in [3.63, 3.8) is 0 Å². The van der Waals surface area contributed by atoms with Crippen LogP contribution in [-0.4, -0.2) is 28.4 Å². The second-order valence-corrected chi connectivity index (χ2v) is 2.97. The van der Waals surface area contributed by atoms with Crippen LogP contribution in [0.5, 0.6) is 0 Å². The molecule has 1 aliphatic heterocycles. The molecule has 0 unspecified atom stereocenters. The molecule has 1 N–H and O–H groups in total. The van der Waals surface area contributed by atoms with Gasteiger partial charge >= 0.3 is 5.97 Å². The number of aliphatic carboxylic acids is 1. The summed E-state index contributed by atoms with van der Waals surface area (Å²) in [5.41, 5.74) is 1.05. The summed E-state index contributed by atoms with van der Waals surface area (Å²) < 4.78 is 0. The zero-order valence-corrected chi connectivity index (χ0v) is 7.74. The van der Waals surface area contributed by atoms with Crippen molar-refractivity contribution in [3.05, 3.63) is 11.1 Å². The molecule has 64 valence electrons. The summed E-state index contributed by atoms with van der Waals surface area (Å²) in [6, 6.07) is 0. The minimum absolute atomic E-state index is 0. The summed E-state index contributed by atoms with van der Waals surface area (Å²) in [7, 11) is 0. The Labute approximate surface area is 75.9 Å². The third kappa shape index (κ3) is 3.03. The Morgan fingerprint density at radius 3 is 2.91 bits per heavy atom. The number of carboxylic acids is 1. The fourth-order valence-electron chi connectivity index (χ4n) is 0.758. The number of hydrogen-bond donors (Lipinski definition) is 1. The lowest BCUT2D eigenvalue weighted by molar-refractivity contribution is -0.137. The molecule has 0 saturated carbocycles. The van der Waals surface area contributed by atoms with E-state index in [0.29, 0.717) is 0 Å². The normalized spacial score (nSPS) is 15.7. The van der Waals surface area contributed by atoms with E-state index in [9.17, 15) is 4.79 Å². The van der Waals surface area contributed by atoms with Gasteiger partial charge in [-0.25, -0.2) is 0 Å². The molecule has 0 atom stereocenters. The lowest BCUT2D eigenvalue weighted by Crippen LogP contribution is -2.24. The molecule has 0 fully saturated rings. The minimum Gasteiger partial charge on any atom is -0.480 e. The second-order valence-electron chi connectivity index (χ2n) is 2.15. The summed E-state index contributed by atoms with van der Waals surface area (Å²) >= 11 is 1.63. The van der Waals surface area contributed by atoms with E-state index >= 15 is 0 Å². The number of nitrogens with zero attached hydrogens (tertiary/aromatic N) is 1. The maximum atomic E-state index is 10.2. The molecular formula is C6H10ClNO2S. The van der Waals surface area contributed by atoms with Gasteiger partial charge in [-0.2, -0.15) is 0 Å². The number of thioether (sulfide) groups is 1. The molecule has 11 heavy (non-hydrogen) atoms. The molecule has 1 heterocycles. The van der Waals surface area contributed by atoms with E-state index < -0.39 is 5.97 Å². The molecule has 0 aliphatic carbocycles. The van der Waals surface area contributed by atoms with Crippen LogP contribution in [0.15, 0.2) is 11.1 Å². The molecule has 0 aromatic heterocycles. The maximum absolute atomic E-state index is 10.2.